The standard InChI is InChI=1S/C21H19N3O3S2.C2H6/c1-14-18(27-16-10-6-4-7-11-16)15(2)24-20(22-14)19(21(23-24)28-3)29(25,26)17-12-8-5-9-13-17;1-2/h4-13H,1-3H3;1-2H3. The Labute approximate surface area is 187 Å². The molecule has 0 amide bonds. The van der Waals surface area contributed by atoms with Gasteiger partial charge in [0.1, 0.15) is 10.8 Å². The number of ether oxygens (including phenoxy) is 1. The molecular weight excluding hydrogens is 430 g/mol. The first-order chi connectivity index (χ1) is 14.9. The molecule has 4 rings (SSSR count). The van der Waals surface area contributed by atoms with E-state index in [1.54, 1.807) is 48.0 Å². The van der Waals surface area contributed by atoms with E-state index in [0.717, 1.165) is 0 Å². The van der Waals surface area contributed by atoms with Crippen molar-refractivity contribution in [3.05, 3.63) is 72.1 Å². The number of hydrogen-bond donors (Lipinski definition) is 0. The highest BCUT2D eigenvalue weighted by molar-refractivity contribution is 7.99. The van der Waals surface area contributed by atoms with Crippen molar-refractivity contribution >= 4 is 27.2 Å². The molecular formula is C23H25N3O3S2. The van der Waals surface area contributed by atoms with E-state index in [2.05, 4.69) is 10.1 Å². The van der Waals surface area contributed by atoms with Crippen LogP contribution in [0.2, 0.25) is 0 Å². The zero-order valence-corrected chi connectivity index (χ0v) is 19.8. The van der Waals surface area contributed by atoms with Crippen LogP contribution in [0.25, 0.3) is 5.65 Å². The lowest BCUT2D eigenvalue weighted by atomic mass is 10.3. The van der Waals surface area contributed by atoms with E-state index in [1.807, 2.05) is 51.1 Å². The Bertz CT molecular complexity index is 1290. The van der Waals surface area contributed by atoms with Crippen molar-refractivity contribution in [2.75, 3.05) is 6.26 Å². The van der Waals surface area contributed by atoms with Gasteiger partial charge >= 0.3 is 0 Å². The first kappa shape index (κ1) is 22.8. The van der Waals surface area contributed by atoms with Gasteiger partial charge in [-0.2, -0.15) is 5.10 Å². The van der Waals surface area contributed by atoms with Gasteiger partial charge in [-0.05, 0) is 44.4 Å². The number of nitrogens with zero attached hydrogens (tertiary/aromatic N) is 3. The molecule has 4 aromatic rings. The molecule has 0 fully saturated rings. The van der Waals surface area contributed by atoms with Crippen LogP contribution in [-0.2, 0) is 9.84 Å². The molecule has 0 saturated heterocycles. The average molecular weight is 456 g/mol. The maximum atomic E-state index is 13.3. The van der Waals surface area contributed by atoms with Gasteiger partial charge in [0.05, 0.1) is 16.3 Å². The molecule has 0 bridgehead atoms. The van der Waals surface area contributed by atoms with E-state index in [0.29, 0.717) is 33.6 Å². The Morgan fingerprint density at radius 2 is 1.52 bits per heavy atom. The molecule has 2 aromatic heterocycles. The largest absolute Gasteiger partial charge is 0.454 e. The van der Waals surface area contributed by atoms with Crippen molar-refractivity contribution in [2.45, 2.75) is 42.5 Å². The van der Waals surface area contributed by atoms with Crippen molar-refractivity contribution in [1.82, 2.24) is 14.6 Å². The zero-order valence-electron chi connectivity index (χ0n) is 18.2. The molecule has 0 aliphatic carbocycles. The van der Waals surface area contributed by atoms with Gasteiger partial charge in [-0.3, -0.25) is 0 Å². The van der Waals surface area contributed by atoms with Crippen LogP contribution < -0.4 is 4.74 Å². The summed E-state index contributed by atoms with van der Waals surface area (Å²) >= 11 is 1.28. The molecule has 8 heteroatoms. The number of thioether (sulfide) groups is 1. The molecule has 2 aromatic carbocycles. The fraction of sp³-hybridized carbons (Fsp3) is 0.217. The van der Waals surface area contributed by atoms with E-state index < -0.39 is 9.84 Å². The quantitative estimate of drug-likeness (QED) is 0.358. The van der Waals surface area contributed by atoms with Crippen molar-refractivity contribution in [3.8, 4) is 11.5 Å². The minimum absolute atomic E-state index is 0.119. The molecule has 0 N–H and O–H groups in total. The summed E-state index contributed by atoms with van der Waals surface area (Å²) in [7, 11) is -3.78. The van der Waals surface area contributed by atoms with E-state index in [-0.39, 0.29) is 9.79 Å². The highest BCUT2D eigenvalue weighted by Crippen LogP contribution is 2.35. The smallest absolute Gasteiger partial charge is 0.213 e. The van der Waals surface area contributed by atoms with Gasteiger partial charge in [0.15, 0.2) is 16.3 Å². The maximum absolute atomic E-state index is 13.3. The predicted molar refractivity (Wildman–Crippen MR) is 124 cm³/mol. The Hall–Kier alpha value is -2.84. The van der Waals surface area contributed by atoms with Crippen LogP contribution in [0.15, 0.2) is 75.5 Å². The summed E-state index contributed by atoms with van der Waals surface area (Å²) in [4.78, 5) is 4.91. The molecule has 0 atom stereocenters. The molecule has 2 heterocycles. The summed E-state index contributed by atoms with van der Waals surface area (Å²) in [5.41, 5.74) is 1.57. The second-order valence-electron chi connectivity index (χ2n) is 6.42. The summed E-state index contributed by atoms with van der Waals surface area (Å²) in [5, 5.41) is 4.93. The molecule has 6 nitrogen and oxygen atoms in total. The number of rotatable bonds is 5. The Morgan fingerprint density at radius 1 is 0.935 bits per heavy atom. The van der Waals surface area contributed by atoms with Gasteiger partial charge in [-0.1, -0.05) is 50.2 Å². The lowest BCUT2D eigenvalue weighted by Crippen LogP contribution is -2.06. The number of fused-ring (bicyclic) bond motifs is 1. The third kappa shape index (κ3) is 4.31. The van der Waals surface area contributed by atoms with Gasteiger partial charge in [0, 0.05) is 0 Å². The summed E-state index contributed by atoms with van der Waals surface area (Å²) < 4.78 is 34.3. The topological polar surface area (TPSA) is 73.6 Å². The average Bonchev–Trinajstić information content (AvgIpc) is 3.18. The molecule has 162 valence electrons. The highest BCUT2D eigenvalue weighted by atomic mass is 32.2. The monoisotopic (exact) mass is 455 g/mol. The summed E-state index contributed by atoms with van der Waals surface area (Å²) in [6, 6.07) is 17.7. The third-order valence-corrected chi connectivity index (χ3v) is 7.12. The van der Waals surface area contributed by atoms with E-state index in [4.69, 9.17) is 4.74 Å². The molecule has 0 aliphatic heterocycles. The first-order valence-electron chi connectivity index (χ1n) is 9.90. The molecule has 0 spiro atoms. The van der Waals surface area contributed by atoms with E-state index in [1.165, 1.54) is 11.8 Å². The Kier molecular flexibility index (Phi) is 7.02. The molecule has 0 radical (unpaired) electrons. The maximum Gasteiger partial charge on any atom is 0.213 e. The number of sulfone groups is 1. The van der Waals surface area contributed by atoms with Crippen molar-refractivity contribution < 1.29 is 13.2 Å². The van der Waals surface area contributed by atoms with Crippen LogP contribution in [0.5, 0.6) is 11.5 Å². The number of para-hydroxylation sites is 1. The third-order valence-electron chi connectivity index (χ3n) is 4.52. The summed E-state index contributed by atoms with van der Waals surface area (Å²) in [5.74, 6) is 1.23. The van der Waals surface area contributed by atoms with Crippen LogP contribution >= 0.6 is 11.8 Å². The number of hydrogen-bond acceptors (Lipinski definition) is 6. The Morgan fingerprint density at radius 3 is 2.10 bits per heavy atom. The predicted octanol–water partition coefficient (Wildman–Crippen LogP) is 5.72. The Balaban J connectivity index is 0.00000132. The van der Waals surface area contributed by atoms with Crippen molar-refractivity contribution in [3.63, 3.8) is 0 Å². The SMILES string of the molecule is CC.CSc1nn2c(C)c(Oc3ccccc3)c(C)nc2c1S(=O)(=O)c1ccccc1. The lowest BCUT2D eigenvalue weighted by Gasteiger charge is -2.12. The zero-order chi connectivity index (χ0) is 22.6. The minimum Gasteiger partial charge on any atom is -0.454 e. The lowest BCUT2D eigenvalue weighted by molar-refractivity contribution is 0.465. The van der Waals surface area contributed by atoms with Crippen LogP contribution in [-0.4, -0.2) is 29.3 Å². The summed E-state index contributed by atoms with van der Waals surface area (Å²) in [6.07, 6.45) is 1.80. The molecule has 0 unspecified atom stereocenters. The minimum atomic E-state index is -3.78. The number of benzene rings is 2. The van der Waals surface area contributed by atoms with Crippen LogP contribution in [0.1, 0.15) is 25.2 Å². The van der Waals surface area contributed by atoms with Gasteiger partial charge in [0.2, 0.25) is 9.84 Å². The fourth-order valence-corrected chi connectivity index (χ4v) is 5.53. The second kappa shape index (κ2) is 9.53. The van der Waals surface area contributed by atoms with Crippen LogP contribution in [0.3, 0.4) is 0 Å². The van der Waals surface area contributed by atoms with Gasteiger partial charge in [-0.25, -0.2) is 17.9 Å². The summed E-state index contributed by atoms with van der Waals surface area (Å²) in [6.45, 7) is 7.64. The van der Waals surface area contributed by atoms with E-state index >= 15 is 0 Å². The van der Waals surface area contributed by atoms with Crippen LogP contribution in [0.4, 0.5) is 0 Å². The number of aryl methyl sites for hydroxylation is 2. The molecule has 0 saturated carbocycles. The first-order valence-corrected chi connectivity index (χ1v) is 12.6. The molecule has 0 aliphatic rings. The highest BCUT2D eigenvalue weighted by Gasteiger charge is 2.30. The van der Waals surface area contributed by atoms with Crippen molar-refractivity contribution in [2.24, 2.45) is 0 Å². The normalized spacial score (nSPS) is 11.1. The van der Waals surface area contributed by atoms with E-state index in [9.17, 15) is 8.42 Å². The second-order valence-corrected chi connectivity index (χ2v) is 9.10. The van der Waals surface area contributed by atoms with Gasteiger partial charge in [-0.15, -0.1) is 11.8 Å². The fourth-order valence-electron chi connectivity index (χ4n) is 3.12. The number of aromatic nitrogens is 3. The molecule has 31 heavy (non-hydrogen) atoms. The van der Waals surface area contributed by atoms with Gasteiger partial charge in [0.25, 0.3) is 0 Å². The van der Waals surface area contributed by atoms with Crippen molar-refractivity contribution in [1.29, 1.82) is 0 Å². The van der Waals surface area contributed by atoms with Gasteiger partial charge < -0.3 is 4.74 Å². The van der Waals surface area contributed by atoms with Crippen LogP contribution in [0, 0.1) is 13.8 Å².